The maximum atomic E-state index is 12.6. The van der Waals surface area contributed by atoms with Crippen LogP contribution in [0.1, 0.15) is 17.5 Å². The zero-order valence-electron chi connectivity index (χ0n) is 15.5. The van der Waals surface area contributed by atoms with Crippen LogP contribution < -0.4 is 14.4 Å². The molecule has 2 aromatic rings. The van der Waals surface area contributed by atoms with Crippen LogP contribution in [0.4, 0.5) is 5.69 Å². The van der Waals surface area contributed by atoms with Crippen molar-refractivity contribution in [2.45, 2.75) is 25.9 Å². The largest absolute Gasteiger partial charge is 0.478 e. The summed E-state index contributed by atoms with van der Waals surface area (Å²) in [7, 11) is -3.46. The van der Waals surface area contributed by atoms with E-state index in [1.165, 1.54) is 10.6 Å². The molecule has 0 radical (unpaired) electrons. The molecule has 1 amide bonds. The highest BCUT2D eigenvalue weighted by Gasteiger charge is 2.31. The maximum Gasteiger partial charge on any atom is 0.261 e. The number of carbonyl (C=O) groups is 1. The Balaban J connectivity index is 1.71. The number of amides is 1. The number of aryl methyl sites for hydroxylation is 1. The molecule has 27 heavy (non-hydrogen) atoms. The van der Waals surface area contributed by atoms with Crippen molar-refractivity contribution in [1.29, 1.82) is 0 Å². The smallest absolute Gasteiger partial charge is 0.261 e. The molecule has 2 aromatic carbocycles. The Labute approximate surface area is 160 Å². The summed E-state index contributed by atoms with van der Waals surface area (Å²) in [5, 5.41) is 2.89. The zero-order chi connectivity index (χ0) is 19.4. The van der Waals surface area contributed by atoms with E-state index in [1.54, 1.807) is 12.1 Å². The normalized spacial score (nSPS) is 16.8. The van der Waals surface area contributed by atoms with Gasteiger partial charge in [0.25, 0.3) is 5.91 Å². The van der Waals surface area contributed by atoms with Gasteiger partial charge in [0.05, 0.1) is 11.9 Å². The second-order valence-electron chi connectivity index (χ2n) is 6.73. The molecule has 0 saturated carbocycles. The average Bonchev–Trinajstić information content (AvgIpc) is 2.81. The number of nitrogens with one attached hydrogen (secondary N) is 1. The predicted molar refractivity (Wildman–Crippen MR) is 106 cm³/mol. The van der Waals surface area contributed by atoms with Crippen molar-refractivity contribution in [2.75, 3.05) is 23.7 Å². The van der Waals surface area contributed by atoms with Gasteiger partial charge in [0.2, 0.25) is 10.0 Å². The van der Waals surface area contributed by atoms with E-state index in [9.17, 15) is 13.2 Å². The van der Waals surface area contributed by atoms with Gasteiger partial charge in [0.1, 0.15) is 5.75 Å². The second kappa shape index (κ2) is 8.00. The summed E-state index contributed by atoms with van der Waals surface area (Å²) in [6.07, 6.45) is 1.45. The van der Waals surface area contributed by atoms with Gasteiger partial charge in [0, 0.05) is 19.5 Å². The van der Waals surface area contributed by atoms with Gasteiger partial charge >= 0.3 is 0 Å². The molecule has 0 aliphatic carbocycles. The number of hydrogen-bond donors (Lipinski definition) is 1. The summed E-state index contributed by atoms with van der Waals surface area (Å²) in [4.78, 5) is 12.6. The third-order valence-electron chi connectivity index (χ3n) is 4.50. The molecule has 0 aromatic heterocycles. The van der Waals surface area contributed by atoms with Gasteiger partial charge in [-0.2, -0.15) is 0 Å². The number of rotatable bonds is 5. The van der Waals surface area contributed by atoms with E-state index in [-0.39, 0.29) is 18.9 Å². The molecule has 1 atom stereocenters. The first-order valence-corrected chi connectivity index (χ1v) is 10.8. The fourth-order valence-electron chi connectivity index (χ4n) is 3.11. The third kappa shape index (κ3) is 4.80. The number of ether oxygens (including phenoxy) is 1. The summed E-state index contributed by atoms with van der Waals surface area (Å²) >= 11 is 0. The van der Waals surface area contributed by atoms with E-state index >= 15 is 0 Å². The fourth-order valence-corrected chi connectivity index (χ4v) is 4.04. The molecular formula is C20H24N2O4S. The standard InChI is InChI=1S/C20H24N2O4S/c1-15-8-9-18-17(14-15)22(27(2,24)25)13-11-19(26-18)20(23)21-12-10-16-6-4-3-5-7-16/h3-9,14,19H,10-13H2,1-2H3,(H,21,23). The average molecular weight is 388 g/mol. The molecule has 1 aliphatic heterocycles. The minimum Gasteiger partial charge on any atom is -0.478 e. The lowest BCUT2D eigenvalue weighted by molar-refractivity contribution is -0.128. The van der Waals surface area contributed by atoms with Crippen molar-refractivity contribution in [3.05, 3.63) is 59.7 Å². The molecule has 0 saturated heterocycles. The molecule has 1 N–H and O–H groups in total. The van der Waals surface area contributed by atoms with E-state index in [4.69, 9.17) is 4.74 Å². The van der Waals surface area contributed by atoms with Crippen LogP contribution in [-0.4, -0.2) is 39.8 Å². The Morgan fingerprint density at radius 2 is 1.96 bits per heavy atom. The Morgan fingerprint density at radius 3 is 2.67 bits per heavy atom. The van der Waals surface area contributed by atoms with Crippen molar-refractivity contribution in [3.8, 4) is 5.75 Å². The van der Waals surface area contributed by atoms with Crippen LogP contribution >= 0.6 is 0 Å². The molecule has 1 unspecified atom stereocenters. The van der Waals surface area contributed by atoms with Gasteiger partial charge in [-0.25, -0.2) is 8.42 Å². The number of hydrogen-bond acceptors (Lipinski definition) is 4. The van der Waals surface area contributed by atoms with Crippen LogP contribution in [0.15, 0.2) is 48.5 Å². The van der Waals surface area contributed by atoms with Crippen molar-refractivity contribution in [3.63, 3.8) is 0 Å². The summed E-state index contributed by atoms with van der Waals surface area (Å²) < 4.78 is 31.6. The number of nitrogens with zero attached hydrogens (tertiary/aromatic N) is 1. The summed E-state index contributed by atoms with van der Waals surface area (Å²) in [6, 6.07) is 15.2. The minimum absolute atomic E-state index is 0.200. The van der Waals surface area contributed by atoms with E-state index < -0.39 is 16.1 Å². The molecular weight excluding hydrogens is 364 g/mol. The maximum absolute atomic E-state index is 12.6. The molecule has 3 rings (SSSR count). The van der Waals surface area contributed by atoms with E-state index in [0.717, 1.165) is 17.5 Å². The second-order valence-corrected chi connectivity index (χ2v) is 8.63. The summed E-state index contributed by atoms with van der Waals surface area (Å²) in [5.74, 6) is 0.180. The van der Waals surface area contributed by atoms with Crippen LogP contribution in [0, 0.1) is 6.92 Å². The first-order valence-electron chi connectivity index (χ1n) is 8.91. The van der Waals surface area contributed by atoms with Gasteiger partial charge in [-0.1, -0.05) is 36.4 Å². The third-order valence-corrected chi connectivity index (χ3v) is 5.68. The van der Waals surface area contributed by atoms with Crippen molar-refractivity contribution < 1.29 is 17.9 Å². The number of carbonyl (C=O) groups excluding carboxylic acids is 1. The highest BCUT2D eigenvalue weighted by atomic mass is 32.2. The fraction of sp³-hybridized carbons (Fsp3) is 0.350. The lowest BCUT2D eigenvalue weighted by atomic mass is 10.1. The van der Waals surface area contributed by atoms with Gasteiger partial charge in [-0.15, -0.1) is 0 Å². The van der Waals surface area contributed by atoms with Crippen LogP contribution in [0.2, 0.25) is 0 Å². The topological polar surface area (TPSA) is 75.7 Å². The molecule has 0 spiro atoms. The Morgan fingerprint density at radius 1 is 1.22 bits per heavy atom. The molecule has 7 heteroatoms. The van der Waals surface area contributed by atoms with E-state index in [2.05, 4.69) is 5.32 Å². The lowest BCUT2D eigenvalue weighted by Gasteiger charge is -2.21. The summed E-state index contributed by atoms with van der Waals surface area (Å²) in [6.45, 7) is 2.59. The van der Waals surface area contributed by atoms with Gasteiger partial charge < -0.3 is 10.1 Å². The van der Waals surface area contributed by atoms with Crippen molar-refractivity contribution >= 4 is 21.6 Å². The molecule has 144 valence electrons. The molecule has 1 heterocycles. The van der Waals surface area contributed by atoms with E-state index in [0.29, 0.717) is 18.0 Å². The Bertz CT molecular complexity index is 913. The Kier molecular flexibility index (Phi) is 5.70. The predicted octanol–water partition coefficient (Wildman–Crippen LogP) is 2.27. The highest BCUT2D eigenvalue weighted by molar-refractivity contribution is 7.92. The lowest BCUT2D eigenvalue weighted by Crippen LogP contribution is -2.40. The van der Waals surface area contributed by atoms with Gasteiger partial charge in [0.15, 0.2) is 6.10 Å². The van der Waals surface area contributed by atoms with Crippen LogP contribution in [0.5, 0.6) is 5.75 Å². The number of anilines is 1. The van der Waals surface area contributed by atoms with Crippen molar-refractivity contribution in [1.82, 2.24) is 5.32 Å². The first-order chi connectivity index (χ1) is 12.8. The van der Waals surface area contributed by atoms with Crippen LogP contribution in [0.3, 0.4) is 0 Å². The van der Waals surface area contributed by atoms with Crippen LogP contribution in [0.25, 0.3) is 0 Å². The Hall–Kier alpha value is -2.54. The molecule has 1 aliphatic rings. The zero-order valence-corrected chi connectivity index (χ0v) is 16.3. The molecule has 0 fully saturated rings. The number of fused-ring (bicyclic) bond motifs is 1. The number of benzene rings is 2. The van der Waals surface area contributed by atoms with Crippen molar-refractivity contribution in [2.24, 2.45) is 0 Å². The molecule has 0 bridgehead atoms. The van der Waals surface area contributed by atoms with Gasteiger partial charge in [-0.05, 0) is 36.6 Å². The van der Waals surface area contributed by atoms with Gasteiger partial charge in [-0.3, -0.25) is 9.10 Å². The quantitative estimate of drug-likeness (QED) is 0.853. The highest BCUT2D eigenvalue weighted by Crippen LogP contribution is 2.34. The SMILES string of the molecule is Cc1ccc2c(c1)N(S(C)(=O)=O)CCC(C(=O)NCCc1ccccc1)O2. The molecule has 6 nitrogen and oxygen atoms in total. The van der Waals surface area contributed by atoms with E-state index in [1.807, 2.05) is 43.3 Å². The van der Waals surface area contributed by atoms with Crippen LogP contribution in [-0.2, 0) is 21.2 Å². The first kappa shape index (κ1) is 19.2. The number of sulfonamides is 1. The minimum atomic E-state index is -3.46. The monoisotopic (exact) mass is 388 g/mol. The summed E-state index contributed by atoms with van der Waals surface area (Å²) in [5.41, 5.74) is 2.55.